The Bertz CT molecular complexity index is 976. The molecule has 2 atom stereocenters. The summed E-state index contributed by atoms with van der Waals surface area (Å²) in [7, 11) is 2.19. The Kier molecular flexibility index (Phi) is 4.49. The van der Waals surface area contributed by atoms with E-state index in [4.69, 9.17) is 0 Å². The molecule has 4 rings (SSSR count). The maximum absolute atomic E-state index is 2.44. The lowest BCUT2D eigenvalue weighted by atomic mass is 9.76. The van der Waals surface area contributed by atoms with E-state index in [1.54, 1.807) is 0 Å². The van der Waals surface area contributed by atoms with Crippen LogP contribution in [0, 0.1) is 18.3 Å². The summed E-state index contributed by atoms with van der Waals surface area (Å²) in [5, 5.41) is 0. The van der Waals surface area contributed by atoms with Gasteiger partial charge in [0, 0.05) is 29.9 Å². The largest absolute Gasteiger partial charge is 0.346 e. The highest BCUT2D eigenvalue weighted by Gasteiger charge is 2.40. The van der Waals surface area contributed by atoms with Crippen molar-refractivity contribution < 1.29 is 4.57 Å². The van der Waals surface area contributed by atoms with E-state index in [0.717, 1.165) is 6.42 Å². The first-order valence-corrected chi connectivity index (χ1v) is 10.4. The second-order valence-corrected chi connectivity index (χ2v) is 9.89. The van der Waals surface area contributed by atoms with Gasteiger partial charge < -0.3 is 4.90 Å². The van der Waals surface area contributed by atoms with Gasteiger partial charge in [-0.1, -0.05) is 44.6 Å². The summed E-state index contributed by atoms with van der Waals surface area (Å²) in [5.41, 5.74) is 10.1. The van der Waals surface area contributed by atoms with Gasteiger partial charge in [-0.25, -0.2) is 4.57 Å². The lowest BCUT2D eigenvalue weighted by molar-refractivity contribution is -0.674. The molecule has 28 heavy (non-hydrogen) atoms. The Morgan fingerprint density at radius 3 is 2.57 bits per heavy atom. The topological polar surface area (TPSA) is 7.12 Å². The average Bonchev–Trinajstić information content (AvgIpc) is 2.97. The van der Waals surface area contributed by atoms with E-state index in [1.165, 1.54) is 39.1 Å². The molecule has 1 aromatic rings. The van der Waals surface area contributed by atoms with Gasteiger partial charge in [-0.15, -0.1) is 0 Å². The number of nitrogens with zero attached hydrogens (tertiary/aromatic N) is 2. The normalized spacial score (nSPS) is 23.6. The van der Waals surface area contributed by atoms with Crippen molar-refractivity contribution in [2.24, 2.45) is 18.4 Å². The van der Waals surface area contributed by atoms with Gasteiger partial charge in [-0.05, 0) is 55.4 Å². The molecule has 0 saturated carbocycles. The molecule has 3 aliphatic rings. The van der Waals surface area contributed by atoms with Gasteiger partial charge >= 0.3 is 0 Å². The molecule has 146 valence electrons. The zero-order valence-corrected chi connectivity index (χ0v) is 18.4. The molecule has 0 fully saturated rings. The highest BCUT2D eigenvalue weighted by Crippen LogP contribution is 2.47. The van der Waals surface area contributed by atoms with E-state index in [-0.39, 0.29) is 5.41 Å². The minimum atomic E-state index is 0.278. The smallest absolute Gasteiger partial charge is 0.213 e. The van der Waals surface area contributed by atoms with Crippen LogP contribution in [0.1, 0.15) is 51.4 Å². The summed E-state index contributed by atoms with van der Waals surface area (Å²) in [5.74, 6) is 0.437. The third-order valence-electron chi connectivity index (χ3n) is 6.17. The van der Waals surface area contributed by atoms with Crippen LogP contribution in [-0.4, -0.2) is 10.9 Å². The van der Waals surface area contributed by atoms with E-state index < -0.39 is 0 Å². The zero-order chi connectivity index (χ0) is 20.2. The van der Waals surface area contributed by atoms with Gasteiger partial charge in [0.05, 0.1) is 11.6 Å². The number of fused-ring (bicyclic) bond motifs is 3. The van der Waals surface area contributed by atoms with Gasteiger partial charge in [-0.3, -0.25) is 0 Å². The fourth-order valence-electron chi connectivity index (χ4n) is 5.01. The molecule has 1 aliphatic carbocycles. The van der Waals surface area contributed by atoms with Crippen LogP contribution in [0.15, 0.2) is 65.7 Å². The van der Waals surface area contributed by atoms with E-state index in [9.17, 15) is 0 Å². The number of aromatic nitrogens is 1. The zero-order valence-electron chi connectivity index (χ0n) is 18.4. The second kappa shape index (κ2) is 6.62. The molecule has 0 spiro atoms. The third kappa shape index (κ3) is 3.19. The number of pyridine rings is 1. The first-order valence-electron chi connectivity index (χ1n) is 10.4. The standard InChI is InChI=1S/C26H33N2/c1-17-12-18(2)25(21-16-28-11-9-8-10-22(28)24(17)21)23-13-20(14-26(4,5)6)19(3)15-27(23)7/h8-13,15-16,22,24H,14H2,1-7H3/q+1. The first-order chi connectivity index (χ1) is 13.2. The fraction of sp³-hybridized carbons (Fsp3) is 0.423. The van der Waals surface area contributed by atoms with Crippen molar-refractivity contribution in [1.82, 2.24) is 4.90 Å². The lowest BCUT2D eigenvalue weighted by Gasteiger charge is -2.30. The molecule has 2 heteroatoms. The highest BCUT2D eigenvalue weighted by atomic mass is 15.2. The van der Waals surface area contributed by atoms with Gasteiger partial charge in [0.2, 0.25) is 5.69 Å². The average molecular weight is 374 g/mol. The molecular weight excluding hydrogens is 340 g/mol. The van der Waals surface area contributed by atoms with E-state index in [1.807, 2.05) is 0 Å². The quantitative estimate of drug-likeness (QED) is 0.629. The van der Waals surface area contributed by atoms with Crippen molar-refractivity contribution in [1.29, 1.82) is 0 Å². The highest BCUT2D eigenvalue weighted by molar-refractivity contribution is 5.84. The molecule has 0 amide bonds. The summed E-state index contributed by atoms with van der Waals surface area (Å²) in [6.07, 6.45) is 17.0. The van der Waals surface area contributed by atoms with Crippen molar-refractivity contribution in [2.45, 2.75) is 54.0 Å². The van der Waals surface area contributed by atoms with Crippen LogP contribution in [0.25, 0.3) is 5.57 Å². The van der Waals surface area contributed by atoms with E-state index in [0.29, 0.717) is 12.0 Å². The summed E-state index contributed by atoms with van der Waals surface area (Å²) in [4.78, 5) is 2.38. The molecule has 0 aromatic carbocycles. The van der Waals surface area contributed by atoms with Crippen molar-refractivity contribution in [2.75, 3.05) is 0 Å². The third-order valence-corrected chi connectivity index (χ3v) is 6.17. The predicted octanol–water partition coefficient (Wildman–Crippen LogP) is 5.41. The molecule has 2 nitrogen and oxygen atoms in total. The Labute approximate surface area is 170 Å². The Morgan fingerprint density at radius 1 is 1.11 bits per heavy atom. The molecule has 0 radical (unpaired) electrons. The van der Waals surface area contributed by atoms with Gasteiger partial charge in [0.25, 0.3) is 0 Å². The molecule has 2 unspecified atom stereocenters. The number of allylic oxidation sites excluding steroid dienone is 5. The number of hydrogen-bond acceptors (Lipinski definition) is 1. The molecule has 0 bridgehead atoms. The maximum Gasteiger partial charge on any atom is 0.213 e. The molecule has 3 heterocycles. The van der Waals surface area contributed by atoms with Crippen molar-refractivity contribution in [3.63, 3.8) is 0 Å². The summed E-state index contributed by atoms with van der Waals surface area (Å²) < 4.78 is 2.32. The predicted molar refractivity (Wildman–Crippen MR) is 117 cm³/mol. The Hall–Kier alpha value is -2.35. The monoisotopic (exact) mass is 373 g/mol. The van der Waals surface area contributed by atoms with Crippen LogP contribution in [0.3, 0.4) is 0 Å². The lowest BCUT2D eigenvalue weighted by Crippen LogP contribution is -2.36. The number of rotatable bonds is 2. The van der Waals surface area contributed by atoms with Gasteiger partial charge in [0.1, 0.15) is 7.05 Å². The van der Waals surface area contributed by atoms with E-state index in [2.05, 4.69) is 107 Å². The second-order valence-electron chi connectivity index (χ2n) is 9.89. The van der Waals surface area contributed by atoms with Crippen molar-refractivity contribution in [3.05, 3.63) is 82.5 Å². The van der Waals surface area contributed by atoms with Crippen LogP contribution in [0.2, 0.25) is 0 Å². The van der Waals surface area contributed by atoms with Crippen molar-refractivity contribution in [3.8, 4) is 0 Å². The Morgan fingerprint density at radius 2 is 1.86 bits per heavy atom. The van der Waals surface area contributed by atoms with E-state index >= 15 is 0 Å². The minimum Gasteiger partial charge on any atom is -0.346 e. The number of aryl methyl sites for hydroxylation is 2. The molecular formula is C26H33N2+. The van der Waals surface area contributed by atoms with Crippen LogP contribution in [0.5, 0.6) is 0 Å². The van der Waals surface area contributed by atoms with Crippen LogP contribution in [-0.2, 0) is 13.5 Å². The molecule has 2 aliphatic heterocycles. The van der Waals surface area contributed by atoms with Gasteiger partial charge in [-0.2, -0.15) is 0 Å². The van der Waals surface area contributed by atoms with Gasteiger partial charge in [0.15, 0.2) is 6.20 Å². The fourth-order valence-corrected chi connectivity index (χ4v) is 5.01. The van der Waals surface area contributed by atoms with Crippen molar-refractivity contribution >= 4 is 5.57 Å². The van der Waals surface area contributed by atoms with Crippen LogP contribution >= 0.6 is 0 Å². The SMILES string of the molecule is CC1=CC(C)=C(c2cc(CC(C)(C)C)c(C)c[n+]2C)C2=CN3C=CC=CC3C12. The molecule has 0 saturated heterocycles. The number of hydrogen-bond donors (Lipinski definition) is 0. The summed E-state index contributed by atoms with van der Waals surface area (Å²) in [6, 6.07) is 2.85. The molecule has 1 aromatic heterocycles. The minimum absolute atomic E-state index is 0.278. The maximum atomic E-state index is 2.44. The summed E-state index contributed by atoms with van der Waals surface area (Å²) >= 11 is 0. The van der Waals surface area contributed by atoms with Crippen LogP contribution < -0.4 is 4.57 Å². The van der Waals surface area contributed by atoms with Crippen LogP contribution in [0.4, 0.5) is 0 Å². The summed E-state index contributed by atoms with van der Waals surface area (Å²) in [6.45, 7) is 13.8. The first kappa shape index (κ1) is 19.0. The Balaban J connectivity index is 1.86. The molecule has 0 N–H and O–H groups in total.